The van der Waals surface area contributed by atoms with E-state index in [1.807, 2.05) is 6.08 Å². The summed E-state index contributed by atoms with van der Waals surface area (Å²) < 4.78 is 0. The minimum atomic E-state index is 0.995. The molecule has 0 saturated carbocycles. The molecule has 0 nitrogen and oxygen atoms in total. The topological polar surface area (TPSA) is 0 Å². The average molecular weight is 246 g/mol. The molecular formula is C19H18. The molecule has 94 valence electrons. The van der Waals surface area contributed by atoms with Gasteiger partial charge in [0.1, 0.15) is 0 Å². The van der Waals surface area contributed by atoms with Crippen molar-refractivity contribution in [1.82, 2.24) is 0 Å². The Labute approximate surface area is 115 Å². The molecule has 0 aromatic heterocycles. The molecular weight excluding hydrogens is 228 g/mol. The van der Waals surface area contributed by atoms with Gasteiger partial charge in [0, 0.05) is 0 Å². The Balaban J connectivity index is 2.03. The number of benzene rings is 2. The molecule has 0 heteroatoms. The van der Waals surface area contributed by atoms with Gasteiger partial charge in [-0.15, -0.1) is 6.58 Å². The van der Waals surface area contributed by atoms with Gasteiger partial charge in [-0.1, -0.05) is 55.1 Å². The Morgan fingerprint density at radius 2 is 1.84 bits per heavy atom. The molecule has 0 bridgehead atoms. The zero-order chi connectivity index (χ0) is 13.2. The van der Waals surface area contributed by atoms with Crippen molar-refractivity contribution >= 4 is 5.57 Å². The number of hydrogen-bond acceptors (Lipinski definition) is 0. The summed E-state index contributed by atoms with van der Waals surface area (Å²) in [5.41, 5.74) is 8.20. The van der Waals surface area contributed by atoms with Crippen LogP contribution in [0.1, 0.15) is 29.5 Å². The van der Waals surface area contributed by atoms with Crippen LogP contribution in [-0.2, 0) is 6.42 Å². The zero-order valence-corrected chi connectivity index (χ0v) is 11.2. The third-order valence-corrected chi connectivity index (χ3v) is 3.88. The van der Waals surface area contributed by atoms with Gasteiger partial charge in [0.15, 0.2) is 0 Å². The Hall–Kier alpha value is -2.08. The van der Waals surface area contributed by atoms with Crippen molar-refractivity contribution < 1.29 is 0 Å². The lowest BCUT2D eigenvalue weighted by molar-refractivity contribution is 1.07. The van der Waals surface area contributed by atoms with Gasteiger partial charge in [-0.3, -0.25) is 0 Å². The molecule has 0 fully saturated rings. The van der Waals surface area contributed by atoms with Gasteiger partial charge >= 0.3 is 0 Å². The molecule has 0 amide bonds. The highest BCUT2D eigenvalue weighted by atomic mass is 14.2. The second kappa shape index (κ2) is 4.89. The van der Waals surface area contributed by atoms with Crippen LogP contribution < -0.4 is 0 Å². The summed E-state index contributed by atoms with van der Waals surface area (Å²) in [7, 11) is 0. The molecule has 0 N–H and O–H groups in total. The quantitative estimate of drug-likeness (QED) is 0.552. The first-order valence-corrected chi connectivity index (χ1v) is 6.80. The second-order valence-corrected chi connectivity index (χ2v) is 5.10. The molecule has 0 unspecified atom stereocenters. The highest BCUT2D eigenvalue weighted by Gasteiger charge is 2.20. The Morgan fingerprint density at radius 3 is 2.68 bits per heavy atom. The van der Waals surface area contributed by atoms with Crippen LogP contribution in [0, 0.1) is 0 Å². The number of rotatable bonds is 4. The van der Waals surface area contributed by atoms with E-state index in [2.05, 4.69) is 55.6 Å². The number of fused-ring (bicyclic) bond motifs is 3. The van der Waals surface area contributed by atoms with Crippen LogP contribution in [0.3, 0.4) is 0 Å². The van der Waals surface area contributed by atoms with E-state index in [1.165, 1.54) is 33.4 Å². The van der Waals surface area contributed by atoms with Gasteiger partial charge in [0.2, 0.25) is 0 Å². The van der Waals surface area contributed by atoms with Gasteiger partial charge in [0.25, 0.3) is 0 Å². The fourth-order valence-corrected chi connectivity index (χ4v) is 2.90. The molecule has 0 atom stereocenters. The second-order valence-electron chi connectivity index (χ2n) is 5.10. The smallest absolute Gasteiger partial charge is 0.000741 e. The van der Waals surface area contributed by atoms with Crippen LogP contribution in [0.2, 0.25) is 0 Å². The van der Waals surface area contributed by atoms with Crippen LogP contribution in [-0.4, -0.2) is 0 Å². The van der Waals surface area contributed by atoms with Crippen LogP contribution >= 0.6 is 0 Å². The largest absolute Gasteiger partial charge is 0.103 e. The van der Waals surface area contributed by atoms with Crippen molar-refractivity contribution in [3.63, 3.8) is 0 Å². The van der Waals surface area contributed by atoms with Crippen molar-refractivity contribution in [2.24, 2.45) is 0 Å². The van der Waals surface area contributed by atoms with Gasteiger partial charge in [-0.25, -0.2) is 0 Å². The van der Waals surface area contributed by atoms with E-state index in [0.717, 1.165) is 19.3 Å². The molecule has 1 aliphatic rings. The third kappa shape index (κ3) is 2.04. The molecule has 19 heavy (non-hydrogen) atoms. The summed E-state index contributed by atoms with van der Waals surface area (Å²) in [6.07, 6.45) is 4.99. The standard InChI is InChI=1S/C19H18/c1-3-4-8-14(2)16-11-7-12-18-17-10-6-5-9-15(17)13-19(16)18/h3,5-7,9-12H,1-2,4,8,13H2. The molecule has 0 radical (unpaired) electrons. The molecule has 0 heterocycles. The van der Waals surface area contributed by atoms with Crippen molar-refractivity contribution in [2.75, 3.05) is 0 Å². The van der Waals surface area contributed by atoms with Crippen LogP contribution in [0.25, 0.3) is 16.7 Å². The molecule has 3 rings (SSSR count). The maximum atomic E-state index is 4.25. The number of hydrogen-bond donors (Lipinski definition) is 0. The summed E-state index contributed by atoms with van der Waals surface area (Å²) in [5.74, 6) is 0. The lowest BCUT2D eigenvalue weighted by Crippen LogP contribution is -1.91. The lowest BCUT2D eigenvalue weighted by atomic mass is 9.94. The fraction of sp³-hybridized carbons (Fsp3) is 0.158. The summed E-state index contributed by atoms with van der Waals surface area (Å²) in [5, 5.41) is 0. The third-order valence-electron chi connectivity index (χ3n) is 3.88. The van der Waals surface area contributed by atoms with Crippen molar-refractivity contribution in [3.05, 3.63) is 78.4 Å². The van der Waals surface area contributed by atoms with E-state index in [9.17, 15) is 0 Å². The van der Waals surface area contributed by atoms with E-state index >= 15 is 0 Å². The fourth-order valence-electron chi connectivity index (χ4n) is 2.90. The minimum Gasteiger partial charge on any atom is -0.103 e. The summed E-state index contributed by atoms with van der Waals surface area (Å²) >= 11 is 0. The van der Waals surface area contributed by atoms with E-state index < -0.39 is 0 Å². The van der Waals surface area contributed by atoms with Crippen molar-refractivity contribution in [1.29, 1.82) is 0 Å². The predicted molar refractivity (Wildman–Crippen MR) is 83.1 cm³/mol. The summed E-state index contributed by atoms with van der Waals surface area (Å²) in [6.45, 7) is 8.05. The first-order valence-electron chi connectivity index (χ1n) is 6.80. The molecule has 0 spiro atoms. The Morgan fingerprint density at radius 1 is 1.05 bits per heavy atom. The van der Waals surface area contributed by atoms with E-state index in [1.54, 1.807) is 0 Å². The van der Waals surface area contributed by atoms with Crippen molar-refractivity contribution in [2.45, 2.75) is 19.3 Å². The normalized spacial score (nSPS) is 11.8. The monoisotopic (exact) mass is 246 g/mol. The molecule has 0 saturated heterocycles. The highest BCUT2D eigenvalue weighted by Crippen LogP contribution is 2.40. The van der Waals surface area contributed by atoms with E-state index in [4.69, 9.17) is 0 Å². The van der Waals surface area contributed by atoms with E-state index in [-0.39, 0.29) is 0 Å². The summed E-state index contributed by atoms with van der Waals surface area (Å²) in [6, 6.07) is 15.3. The molecule has 2 aromatic rings. The molecule has 1 aliphatic carbocycles. The van der Waals surface area contributed by atoms with Crippen LogP contribution in [0.15, 0.2) is 61.7 Å². The molecule has 0 aliphatic heterocycles. The van der Waals surface area contributed by atoms with Gasteiger partial charge < -0.3 is 0 Å². The van der Waals surface area contributed by atoms with Crippen LogP contribution in [0.5, 0.6) is 0 Å². The van der Waals surface area contributed by atoms with Gasteiger partial charge in [-0.2, -0.15) is 0 Å². The minimum absolute atomic E-state index is 0.995. The van der Waals surface area contributed by atoms with E-state index in [0.29, 0.717) is 0 Å². The van der Waals surface area contributed by atoms with Crippen LogP contribution in [0.4, 0.5) is 0 Å². The van der Waals surface area contributed by atoms with Gasteiger partial charge in [-0.05, 0) is 52.7 Å². The first-order chi connectivity index (χ1) is 9.31. The maximum absolute atomic E-state index is 4.25. The number of allylic oxidation sites excluding steroid dienone is 2. The Bertz CT molecular complexity index is 647. The SMILES string of the molecule is C=CCCC(=C)c1cccc2c1Cc1ccccc1-2. The molecule has 2 aromatic carbocycles. The highest BCUT2D eigenvalue weighted by molar-refractivity contribution is 5.82. The first kappa shape index (κ1) is 12.0. The maximum Gasteiger partial charge on any atom is -0.000741 e. The lowest BCUT2D eigenvalue weighted by Gasteiger charge is -2.10. The predicted octanol–water partition coefficient (Wildman–Crippen LogP) is 5.24. The van der Waals surface area contributed by atoms with Crippen molar-refractivity contribution in [3.8, 4) is 11.1 Å². The van der Waals surface area contributed by atoms with Gasteiger partial charge in [0.05, 0.1) is 0 Å². The average Bonchev–Trinajstić information content (AvgIpc) is 2.83. The summed E-state index contributed by atoms with van der Waals surface area (Å²) in [4.78, 5) is 0. The zero-order valence-electron chi connectivity index (χ0n) is 11.2. The Kier molecular flexibility index (Phi) is 3.08.